The zero-order chi connectivity index (χ0) is 36.2. The molecule has 2 fully saturated rings. The van der Waals surface area contributed by atoms with Gasteiger partial charge < -0.3 is 30.4 Å². The van der Waals surface area contributed by atoms with Crippen molar-refractivity contribution >= 4 is 89.3 Å². The number of nitrogens with two attached hydrogens (primary N) is 1. The molecule has 6 radical (unpaired) electrons. The Bertz CT molecular complexity index is 1420. The SMILES string of the molecule is CCO.Nc1ccc(N2CCN(c3ccc(Br)cc3)CC2)cc1.O=[N+]([O-])c1ccc(N2CCN(c3ccc(Br)cc3)CC2)cc1.[B]C.[B][B]. The van der Waals surface area contributed by atoms with Gasteiger partial charge in [-0.1, -0.05) is 38.7 Å². The summed E-state index contributed by atoms with van der Waals surface area (Å²) in [5.41, 5.74) is 11.5. The van der Waals surface area contributed by atoms with Crippen molar-refractivity contribution in [2.75, 3.05) is 84.3 Å². The van der Waals surface area contributed by atoms with E-state index in [2.05, 4.69) is 135 Å². The first-order valence-corrected chi connectivity index (χ1v) is 17.5. The number of nitrogens with zero attached hydrogens (tertiary/aromatic N) is 5. The van der Waals surface area contributed by atoms with Crippen LogP contribution < -0.4 is 25.3 Å². The van der Waals surface area contributed by atoms with Crippen molar-refractivity contribution in [2.24, 2.45) is 0 Å². The number of anilines is 5. The molecular formula is C35H43B3Br2N6O3. The fourth-order valence-electron chi connectivity index (χ4n) is 5.22. The maximum absolute atomic E-state index is 10.7. The van der Waals surface area contributed by atoms with Crippen LogP contribution in [0.1, 0.15) is 6.92 Å². The summed E-state index contributed by atoms with van der Waals surface area (Å²) < 4.78 is 2.21. The topological polar surface area (TPSA) is 102 Å². The molecule has 49 heavy (non-hydrogen) atoms. The van der Waals surface area contributed by atoms with E-state index in [1.165, 1.54) is 23.9 Å². The second-order valence-corrected chi connectivity index (χ2v) is 12.4. The van der Waals surface area contributed by atoms with Gasteiger partial charge in [0, 0.05) is 124 Å². The highest BCUT2D eigenvalue weighted by Gasteiger charge is 2.19. The largest absolute Gasteiger partial charge is 0.399 e. The highest BCUT2D eigenvalue weighted by Crippen LogP contribution is 2.25. The molecule has 0 spiro atoms. The smallest absolute Gasteiger partial charge is 0.269 e. The summed E-state index contributed by atoms with van der Waals surface area (Å²) in [6.07, 6.45) is 0. The summed E-state index contributed by atoms with van der Waals surface area (Å²) in [6, 6.07) is 31.8. The van der Waals surface area contributed by atoms with Crippen molar-refractivity contribution in [2.45, 2.75) is 13.7 Å². The molecule has 9 nitrogen and oxygen atoms in total. The Morgan fingerprint density at radius 3 is 1.08 bits per heavy atom. The Kier molecular flexibility index (Phi) is 19.4. The molecule has 0 atom stereocenters. The van der Waals surface area contributed by atoms with Gasteiger partial charge in [-0.2, -0.15) is 0 Å². The minimum absolute atomic E-state index is 0.136. The number of hydrogen-bond donors (Lipinski definition) is 2. The minimum atomic E-state index is -0.366. The van der Waals surface area contributed by atoms with E-state index in [1.54, 1.807) is 19.1 Å². The standard InChI is InChI=1S/C16H16BrN3O2.C16H18BrN3.C2H6O.CH3B.B2/c17-13-1-3-14(4-2-13)18-9-11-19(12-10-18)15-5-7-16(8-6-15)20(21)22;17-13-1-5-15(6-2-13)19-9-11-20(12-10-19)16-7-3-14(18)4-8-16;1-2-3;2*1-2/h1-8H,9-12H2;1-8H,9-12,18H2;3H,2H2,1H3;1H3;. The Labute approximate surface area is 312 Å². The Balaban J connectivity index is 0.000000289. The van der Waals surface area contributed by atoms with Gasteiger partial charge >= 0.3 is 0 Å². The van der Waals surface area contributed by atoms with Gasteiger partial charge in [0.15, 0.2) is 0 Å². The molecule has 3 N–H and O–H groups in total. The van der Waals surface area contributed by atoms with Crippen LogP contribution in [0.5, 0.6) is 0 Å². The number of nitrogen functional groups attached to an aromatic ring is 1. The fourth-order valence-corrected chi connectivity index (χ4v) is 5.75. The third-order valence-electron chi connectivity index (χ3n) is 7.63. The van der Waals surface area contributed by atoms with Crippen LogP contribution in [-0.4, -0.2) is 92.3 Å². The summed E-state index contributed by atoms with van der Waals surface area (Å²) in [5, 5.41) is 18.3. The number of aliphatic hydroxyl groups excluding tert-OH is 1. The number of nitro benzene ring substituents is 1. The number of non-ortho nitro benzene ring substituents is 1. The van der Waals surface area contributed by atoms with Crippen LogP contribution in [0.15, 0.2) is 106 Å². The molecule has 0 unspecified atom stereocenters. The van der Waals surface area contributed by atoms with E-state index in [1.807, 2.05) is 24.3 Å². The summed E-state index contributed by atoms with van der Waals surface area (Å²) in [4.78, 5) is 19.8. The maximum atomic E-state index is 10.7. The molecule has 0 amide bonds. The molecule has 0 aromatic heterocycles. The molecule has 6 rings (SSSR count). The lowest BCUT2D eigenvalue weighted by Crippen LogP contribution is -2.46. The van der Waals surface area contributed by atoms with E-state index in [-0.39, 0.29) is 17.2 Å². The van der Waals surface area contributed by atoms with Gasteiger partial charge in [-0.3, -0.25) is 10.1 Å². The number of piperazine rings is 2. The van der Waals surface area contributed by atoms with Crippen molar-refractivity contribution in [1.82, 2.24) is 0 Å². The van der Waals surface area contributed by atoms with Crippen molar-refractivity contribution in [3.05, 3.63) is 116 Å². The second kappa shape index (κ2) is 22.9. The predicted octanol–water partition coefficient (Wildman–Crippen LogP) is 6.48. The average molecular weight is 788 g/mol. The van der Waals surface area contributed by atoms with Crippen LogP contribution in [0, 0.1) is 10.1 Å². The second-order valence-electron chi connectivity index (χ2n) is 10.6. The van der Waals surface area contributed by atoms with Crippen molar-refractivity contribution < 1.29 is 10.0 Å². The van der Waals surface area contributed by atoms with Crippen molar-refractivity contribution in [3.63, 3.8) is 0 Å². The van der Waals surface area contributed by atoms with Gasteiger partial charge in [0.25, 0.3) is 5.69 Å². The van der Waals surface area contributed by atoms with Crippen LogP contribution in [-0.2, 0) is 0 Å². The van der Waals surface area contributed by atoms with Gasteiger partial charge in [0.05, 0.1) is 12.8 Å². The molecule has 2 aliphatic rings. The summed E-state index contributed by atoms with van der Waals surface area (Å²) in [7, 11) is 12.5. The summed E-state index contributed by atoms with van der Waals surface area (Å²) >= 11 is 6.93. The van der Waals surface area contributed by atoms with Crippen LogP contribution in [0.25, 0.3) is 0 Å². The number of aliphatic hydroxyl groups is 1. The van der Waals surface area contributed by atoms with E-state index in [0.29, 0.717) is 0 Å². The first-order chi connectivity index (χ1) is 23.8. The minimum Gasteiger partial charge on any atom is -0.399 e. The normalized spacial score (nSPS) is 13.6. The molecule has 2 aliphatic heterocycles. The van der Waals surface area contributed by atoms with Crippen LogP contribution in [0.2, 0.25) is 6.82 Å². The quantitative estimate of drug-likeness (QED) is 0.103. The van der Waals surface area contributed by atoms with Gasteiger partial charge in [-0.25, -0.2) is 0 Å². The number of hydrogen-bond acceptors (Lipinski definition) is 8. The zero-order valence-electron chi connectivity index (χ0n) is 28.2. The Morgan fingerprint density at radius 1 is 0.612 bits per heavy atom. The van der Waals surface area contributed by atoms with E-state index in [4.69, 9.17) is 10.8 Å². The van der Waals surface area contributed by atoms with E-state index in [0.717, 1.165) is 72.7 Å². The zero-order valence-corrected chi connectivity index (χ0v) is 31.3. The molecule has 4 aromatic carbocycles. The van der Waals surface area contributed by atoms with Crippen LogP contribution in [0.4, 0.5) is 34.1 Å². The Hall–Kier alpha value is -3.61. The molecule has 2 saturated heterocycles. The molecule has 0 bridgehead atoms. The number of benzene rings is 4. The lowest BCUT2D eigenvalue weighted by atomic mass is 9.81. The van der Waals surface area contributed by atoms with Crippen molar-refractivity contribution in [3.8, 4) is 0 Å². The fraction of sp³-hybridized carbons (Fsp3) is 0.314. The third-order valence-corrected chi connectivity index (χ3v) is 8.68. The average Bonchev–Trinajstić information content (AvgIpc) is 3.15. The number of halogens is 2. The Morgan fingerprint density at radius 2 is 0.837 bits per heavy atom. The van der Waals surface area contributed by atoms with E-state index < -0.39 is 0 Å². The summed E-state index contributed by atoms with van der Waals surface area (Å²) in [6.45, 7) is 11.3. The van der Waals surface area contributed by atoms with E-state index in [9.17, 15) is 10.1 Å². The predicted molar refractivity (Wildman–Crippen MR) is 217 cm³/mol. The van der Waals surface area contributed by atoms with Gasteiger partial charge in [0.1, 0.15) is 0 Å². The molecule has 4 aromatic rings. The molecule has 0 aliphatic carbocycles. The molecule has 14 heteroatoms. The number of rotatable bonds is 5. The van der Waals surface area contributed by atoms with Crippen molar-refractivity contribution in [1.29, 1.82) is 0 Å². The maximum Gasteiger partial charge on any atom is 0.269 e. The van der Waals surface area contributed by atoms with Crippen LogP contribution in [0.3, 0.4) is 0 Å². The van der Waals surface area contributed by atoms with E-state index >= 15 is 0 Å². The highest BCUT2D eigenvalue weighted by atomic mass is 79.9. The first kappa shape index (κ1) is 41.6. The van der Waals surface area contributed by atoms with Crippen LogP contribution >= 0.6 is 31.9 Å². The highest BCUT2D eigenvalue weighted by molar-refractivity contribution is 9.10. The lowest BCUT2D eigenvalue weighted by molar-refractivity contribution is -0.384. The monoisotopic (exact) mass is 786 g/mol. The lowest BCUT2D eigenvalue weighted by Gasteiger charge is -2.37. The molecule has 0 saturated carbocycles. The molecule has 254 valence electrons. The molecular weight excluding hydrogens is 745 g/mol. The van der Waals surface area contributed by atoms with Gasteiger partial charge in [-0.15, -0.1) is 0 Å². The van der Waals surface area contributed by atoms with Gasteiger partial charge in [-0.05, 0) is 91.9 Å². The third kappa shape index (κ3) is 13.7. The number of nitro groups is 1. The summed E-state index contributed by atoms with van der Waals surface area (Å²) in [5.74, 6) is 0. The van der Waals surface area contributed by atoms with Gasteiger partial charge in [0.2, 0.25) is 0 Å². The first-order valence-electron chi connectivity index (χ1n) is 15.9. The molecule has 2 heterocycles.